The van der Waals surface area contributed by atoms with Crippen molar-refractivity contribution in [2.45, 2.75) is 26.8 Å². The molecular weight excluding hydrogens is 294 g/mol. The minimum Gasteiger partial charge on any atom is -0.299 e. The highest BCUT2D eigenvalue weighted by atomic mass is 79.9. The fourth-order valence-electron chi connectivity index (χ4n) is 1.81. The molecule has 0 unspecified atom stereocenters. The quantitative estimate of drug-likeness (QED) is 0.481. The second-order valence-electron chi connectivity index (χ2n) is 4.15. The predicted octanol–water partition coefficient (Wildman–Crippen LogP) is 2.28. The van der Waals surface area contributed by atoms with Crippen LogP contribution in [0.15, 0.2) is 22.7 Å². The average Bonchev–Trinajstić information content (AvgIpc) is 2.39. The number of hydrogen-bond acceptors (Lipinski definition) is 3. The van der Waals surface area contributed by atoms with Gasteiger partial charge in [-0.2, -0.15) is 0 Å². The van der Waals surface area contributed by atoms with Gasteiger partial charge in [0.05, 0.1) is 0 Å². The molecule has 1 aromatic carbocycles. The van der Waals surface area contributed by atoms with Gasteiger partial charge in [0.2, 0.25) is 0 Å². The van der Waals surface area contributed by atoms with Gasteiger partial charge in [-0.15, -0.1) is 0 Å². The molecular formula is C13H20BrN3O. The van der Waals surface area contributed by atoms with E-state index in [1.807, 2.05) is 6.07 Å². The number of carbonyl (C=O) groups is 1. The van der Waals surface area contributed by atoms with E-state index in [4.69, 9.17) is 5.84 Å². The summed E-state index contributed by atoms with van der Waals surface area (Å²) in [6.45, 7) is 7.31. The molecule has 0 spiro atoms. The molecule has 0 saturated heterocycles. The van der Waals surface area contributed by atoms with Crippen molar-refractivity contribution in [1.29, 1.82) is 0 Å². The van der Waals surface area contributed by atoms with Crippen molar-refractivity contribution in [3.05, 3.63) is 33.8 Å². The third kappa shape index (κ3) is 4.08. The van der Waals surface area contributed by atoms with Crippen molar-refractivity contribution < 1.29 is 4.79 Å². The summed E-state index contributed by atoms with van der Waals surface area (Å²) in [6.07, 6.45) is 1.14. The van der Waals surface area contributed by atoms with Gasteiger partial charge in [-0.1, -0.05) is 35.8 Å². The largest absolute Gasteiger partial charge is 0.299 e. The van der Waals surface area contributed by atoms with E-state index in [0.717, 1.165) is 30.5 Å². The van der Waals surface area contributed by atoms with E-state index in [-0.39, 0.29) is 5.91 Å². The van der Waals surface area contributed by atoms with Crippen LogP contribution in [0.5, 0.6) is 0 Å². The zero-order valence-corrected chi connectivity index (χ0v) is 12.5. The van der Waals surface area contributed by atoms with Gasteiger partial charge in [0, 0.05) is 16.6 Å². The number of carbonyl (C=O) groups excluding carboxylic acids is 1. The van der Waals surface area contributed by atoms with Gasteiger partial charge in [-0.05, 0) is 37.2 Å². The monoisotopic (exact) mass is 313 g/mol. The predicted molar refractivity (Wildman–Crippen MR) is 77.0 cm³/mol. The molecule has 0 aromatic heterocycles. The third-order valence-electron chi connectivity index (χ3n) is 2.83. The highest BCUT2D eigenvalue weighted by molar-refractivity contribution is 9.10. The number of benzene rings is 1. The van der Waals surface area contributed by atoms with Crippen LogP contribution in [-0.2, 0) is 6.54 Å². The first-order valence-corrected chi connectivity index (χ1v) is 6.93. The number of nitrogens with zero attached hydrogens (tertiary/aromatic N) is 1. The summed E-state index contributed by atoms with van der Waals surface area (Å²) in [7, 11) is 0. The molecule has 5 heteroatoms. The van der Waals surface area contributed by atoms with Crippen molar-refractivity contribution >= 4 is 21.8 Å². The summed E-state index contributed by atoms with van der Waals surface area (Å²) >= 11 is 3.51. The van der Waals surface area contributed by atoms with Crippen LogP contribution >= 0.6 is 15.9 Å². The van der Waals surface area contributed by atoms with Crippen LogP contribution in [0.25, 0.3) is 0 Å². The molecule has 0 fully saturated rings. The molecule has 3 N–H and O–H groups in total. The van der Waals surface area contributed by atoms with Crippen LogP contribution in [-0.4, -0.2) is 23.9 Å². The maximum atomic E-state index is 11.4. The molecule has 0 heterocycles. The molecule has 0 aliphatic rings. The standard InChI is InChI=1S/C13H20BrN3O/c1-3-7-17(4-2)9-11-6-5-10(8-12(11)14)13(18)16-15/h5-6,8H,3-4,7,9,15H2,1-2H3,(H,16,18). The molecule has 0 atom stereocenters. The number of amides is 1. The van der Waals surface area contributed by atoms with Gasteiger partial charge >= 0.3 is 0 Å². The molecule has 1 amide bonds. The Morgan fingerprint density at radius 3 is 2.67 bits per heavy atom. The highest BCUT2D eigenvalue weighted by Gasteiger charge is 2.09. The molecule has 1 aromatic rings. The number of halogens is 1. The van der Waals surface area contributed by atoms with Crippen molar-refractivity contribution in [2.24, 2.45) is 5.84 Å². The van der Waals surface area contributed by atoms with Gasteiger partial charge in [0.1, 0.15) is 0 Å². The first kappa shape index (κ1) is 15.1. The zero-order valence-electron chi connectivity index (χ0n) is 10.9. The van der Waals surface area contributed by atoms with Crippen LogP contribution in [0.3, 0.4) is 0 Å². The SMILES string of the molecule is CCCN(CC)Cc1ccc(C(=O)NN)cc1Br. The topological polar surface area (TPSA) is 58.4 Å². The first-order chi connectivity index (χ1) is 8.62. The molecule has 18 heavy (non-hydrogen) atoms. The van der Waals surface area contributed by atoms with Crippen molar-refractivity contribution in [3.63, 3.8) is 0 Å². The fraction of sp³-hybridized carbons (Fsp3) is 0.462. The Hall–Kier alpha value is -0.910. The average molecular weight is 314 g/mol. The fourth-order valence-corrected chi connectivity index (χ4v) is 2.31. The van der Waals surface area contributed by atoms with Crippen LogP contribution in [0, 0.1) is 0 Å². The number of nitrogen functional groups attached to an aromatic ring is 1. The lowest BCUT2D eigenvalue weighted by molar-refractivity contribution is 0.0953. The van der Waals surface area contributed by atoms with E-state index in [9.17, 15) is 4.79 Å². The maximum absolute atomic E-state index is 11.4. The summed E-state index contributed by atoms with van der Waals surface area (Å²) in [5, 5.41) is 0. The van der Waals surface area contributed by atoms with E-state index >= 15 is 0 Å². The van der Waals surface area contributed by atoms with Gasteiger partial charge in [0.25, 0.3) is 5.91 Å². The number of hydrazine groups is 1. The van der Waals surface area contributed by atoms with Gasteiger partial charge in [0.15, 0.2) is 0 Å². The Balaban J connectivity index is 2.82. The Kier molecular flexibility index (Phi) is 6.32. The Labute approximate surface area is 117 Å². The summed E-state index contributed by atoms with van der Waals surface area (Å²) < 4.78 is 0.943. The summed E-state index contributed by atoms with van der Waals surface area (Å²) in [5.74, 6) is 4.84. The summed E-state index contributed by atoms with van der Waals surface area (Å²) in [5.41, 5.74) is 3.87. The molecule has 0 aliphatic carbocycles. The van der Waals surface area contributed by atoms with E-state index in [0.29, 0.717) is 5.56 Å². The maximum Gasteiger partial charge on any atom is 0.265 e. The summed E-state index contributed by atoms with van der Waals surface area (Å²) in [6, 6.07) is 5.56. The lowest BCUT2D eigenvalue weighted by Gasteiger charge is -2.20. The number of nitrogens with two attached hydrogens (primary N) is 1. The normalized spacial score (nSPS) is 10.7. The smallest absolute Gasteiger partial charge is 0.265 e. The first-order valence-electron chi connectivity index (χ1n) is 6.14. The Bertz CT molecular complexity index is 409. The molecule has 100 valence electrons. The van der Waals surface area contributed by atoms with Gasteiger partial charge in [-0.25, -0.2) is 5.84 Å². The minimum absolute atomic E-state index is 0.275. The number of nitrogens with one attached hydrogen (secondary N) is 1. The molecule has 1 rings (SSSR count). The van der Waals surface area contributed by atoms with Gasteiger partial charge < -0.3 is 0 Å². The van der Waals surface area contributed by atoms with Crippen LogP contribution in [0.4, 0.5) is 0 Å². The molecule has 4 nitrogen and oxygen atoms in total. The Morgan fingerprint density at radius 1 is 1.44 bits per heavy atom. The van der Waals surface area contributed by atoms with Crippen LogP contribution in [0.2, 0.25) is 0 Å². The number of rotatable bonds is 6. The van der Waals surface area contributed by atoms with E-state index in [1.165, 1.54) is 5.56 Å². The molecule has 0 saturated carbocycles. The van der Waals surface area contributed by atoms with E-state index in [1.54, 1.807) is 12.1 Å². The van der Waals surface area contributed by atoms with Crippen molar-refractivity contribution in [3.8, 4) is 0 Å². The number of hydrogen-bond donors (Lipinski definition) is 2. The highest BCUT2D eigenvalue weighted by Crippen LogP contribution is 2.20. The zero-order chi connectivity index (χ0) is 13.5. The summed E-state index contributed by atoms with van der Waals surface area (Å²) in [4.78, 5) is 13.8. The molecule has 0 aliphatic heterocycles. The second kappa shape index (κ2) is 7.51. The molecule has 0 bridgehead atoms. The van der Waals surface area contributed by atoms with E-state index in [2.05, 4.69) is 40.1 Å². The molecule has 0 radical (unpaired) electrons. The van der Waals surface area contributed by atoms with Crippen molar-refractivity contribution in [2.75, 3.05) is 13.1 Å². The second-order valence-corrected chi connectivity index (χ2v) is 5.00. The van der Waals surface area contributed by atoms with Crippen molar-refractivity contribution in [1.82, 2.24) is 10.3 Å². The minimum atomic E-state index is -0.275. The lowest BCUT2D eigenvalue weighted by atomic mass is 10.1. The Morgan fingerprint density at radius 2 is 2.17 bits per heavy atom. The van der Waals surface area contributed by atoms with E-state index < -0.39 is 0 Å². The lowest BCUT2D eigenvalue weighted by Crippen LogP contribution is -2.30. The third-order valence-corrected chi connectivity index (χ3v) is 3.57. The van der Waals surface area contributed by atoms with Crippen LogP contribution < -0.4 is 11.3 Å². The van der Waals surface area contributed by atoms with Crippen LogP contribution in [0.1, 0.15) is 36.2 Å². The van der Waals surface area contributed by atoms with Gasteiger partial charge in [-0.3, -0.25) is 15.1 Å².